The molecule has 0 bridgehead atoms. The van der Waals surface area contributed by atoms with Crippen molar-refractivity contribution in [3.63, 3.8) is 0 Å². The third-order valence-corrected chi connectivity index (χ3v) is 7.38. The third kappa shape index (κ3) is 5.95. The Kier molecular flexibility index (Phi) is 10.3. The standard InChI is InChI=1S/C25H38O2S/c1-3-5-6-7-8-15-20-28-24(27)25(4-2,22-18-13-10-14-19-22)23(26)21-16-11-9-12-17-21/h10,13-14,18-19,21H,3-9,11-12,15-17,20H2,1-2H3. The molecule has 1 fully saturated rings. The predicted octanol–water partition coefficient (Wildman–Crippen LogP) is 7.10. The zero-order valence-electron chi connectivity index (χ0n) is 17.9. The van der Waals surface area contributed by atoms with Gasteiger partial charge in [0.2, 0.25) is 5.12 Å². The maximum absolute atomic E-state index is 13.7. The van der Waals surface area contributed by atoms with Gasteiger partial charge in [0.25, 0.3) is 0 Å². The highest BCUT2D eigenvalue weighted by molar-refractivity contribution is 8.13. The molecule has 0 N–H and O–H groups in total. The molecule has 2 nitrogen and oxygen atoms in total. The Morgan fingerprint density at radius 3 is 2.21 bits per heavy atom. The zero-order valence-corrected chi connectivity index (χ0v) is 18.7. The molecule has 0 radical (unpaired) electrons. The molecular weight excluding hydrogens is 364 g/mol. The van der Waals surface area contributed by atoms with Crippen LogP contribution in [0.2, 0.25) is 0 Å². The van der Waals surface area contributed by atoms with E-state index in [4.69, 9.17) is 0 Å². The van der Waals surface area contributed by atoms with Crippen molar-refractivity contribution in [1.29, 1.82) is 0 Å². The Morgan fingerprint density at radius 1 is 0.929 bits per heavy atom. The van der Waals surface area contributed by atoms with E-state index in [9.17, 15) is 9.59 Å². The number of thioether (sulfide) groups is 1. The average Bonchev–Trinajstić information content (AvgIpc) is 2.75. The van der Waals surface area contributed by atoms with Gasteiger partial charge in [0, 0.05) is 11.7 Å². The fraction of sp³-hybridized carbons (Fsp3) is 0.680. The molecule has 0 spiro atoms. The lowest BCUT2D eigenvalue weighted by Crippen LogP contribution is -2.46. The highest BCUT2D eigenvalue weighted by Crippen LogP contribution is 2.40. The number of carbonyl (C=O) groups excluding carboxylic acids is 2. The highest BCUT2D eigenvalue weighted by Gasteiger charge is 2.48. The van der Waals surface area contributed by atoms with Crippen LogP contribution in [0.25, 0.3) is 0 Å². The first-order valence-electron chi connectivity index (χ1n) is 11.4. The van der Waals surface area contributed by atoms with Crippen LogP contribution in [0.3, 0.4) is 0 Å². The first-order valence-corrected chi connectivity index (χ1v) is 12.4. The summed E-state index contributed by atoms with van der Waals surface area (Å²) in [5.74, 6) is 1.06. The maximum atomic E-state index is 13.7. The van der Waals surface area contributed by atoms with Crippen LogP contribution in [0, 0.1) is 5.92 Å². The quantitative estimate of drug-likeness (QED) is 0.276. The Labute approximate surface area is 176 Å². The molecule has 3 heteroatoms. The van der Waals surface area contributed by atoms with Gasteiger partial charge < -0.3 is 0 Å². The number of rotatable bonds is 12. The monoisotopic (exact) mass is 402 g/mol. The van der Waals surface area contributed by atoms with Gasteiger partial charge in [0.1, 0.15) is 5.41 Å². The summed E-state index contributed by atoms with van der Waals surface area (Å²) in [6.45, 7) is 4.24. The summed E-state index contributed by atoms with van der Waals surface area (Å²) in [6, 6.07) is 9.84. The Bertz CT molecular complexity index is 592. The van der Waals surface area contributed by atoms with E-state index < -0.39 is 5.41 Å². The van der Waals surface area contributed by atoms with Gasteiger partial charge in [-0.05, 0) is 31.2 Å². The molecule has 156 valence electrons. The second-order valence-corrected chi connectivity index (χ2v) is 9.30. The van der Waals surface area contributed by atoms with E-state index in [-0.39, 0.29) is 16.8 Å². The normalized spacial score (nSPS) is 17.2. The fourth-order valence-electron chi connectivity index (χ4n) is 4.49. The summed E-state index contributed by atoms with van der Waals surface area (Å²) in [4.78, 5) is 27.1. The Hall–Kier alpha value is -1.09. The summed E-state index contributed by atoms with van der Waals surface area (Å²) in [5.41, 5.74) is -0.0654. The molecule has 2 rings (SSSR count). The molecule has 1 unspecified atom stereocenters. The highest BCUT2D eigenvalue weighted by atomic mass is 32.2. The number of hydrogen-bond acceptors (Lipinski definition) is 3. The van der Waals surface area contributed by atoms with Crippen molar-refractivity contribution in [3.05, 3.63) is 35.9 Å². The van der Waals surface area contributed by atoms with Crippen LogP contribution in [0.15, 0.2) is 30.3 Å². The molecule has 1 aliphatic rings. The summed E-state index contributed by atoms with van der Waals surface area (Å²) in [5, 5.41) is 0.0744. The largest absolute Gasteiger partial charge is 0.298 e. The Balaban J connectivity index is 2.09. The van der Waals surface area contributed by atoms with E-state index in [1.54, 1.807) is 0 Å². The third-order valence-electron chi connectivity index (χ3n) is 6.27. The smallest absolute Gasteiger partial charge is 0.206 e. The van der Waals surface area contributed by atoms with E-state index in [0.717, 1.165) is 43.4 Å². The molecule has 0 amide bonds. The number of benzene rings is 1. The summed E-state index contributed by atoms with van der Waals surface area (Å²) >= 11 is 1.40. The molecule has 1 atom stereocenters. The fourth-order valence-corrected chi connectivity index (χ4v) is 5.63. The van der Waals surface area contributed by atoms with E-state index in [1.807, 2.05) is 37.3 Å². The van der Waals surface area contributed by atoms with Gasteiger partial charge in [-0.3, -0.25) is 9.59 Å². The van der Waals surface area contributed by atoms with E-state index in [1.165, 1.54) is 50.3 Å². The maximum Gasteiger partial charge on any atom is 0.206 e. The van der Waals surface area contributed by atoms with Crippen LogP contribution in [0.1, 0.15) is 96.5 Å². The van der Waals surface area contributed by atoms with Crippen LogP contribution in [0.4, 0.5) is 0 Å². The van der Waals surface area contributed by atoms with Gasteiger partial charge in [0.05, 0.1) is 0 Å². The van der Waals surface area contributed by atoms with Crippen molar-refractivity contribution >= 4 is 22.7 Å². The summed E-state index contributed by atoms with van der Waals surface area (Å²) < 4.78 is 0. The van der Waals surface area contributed by atoms with Gasteiger partial charge in [0.15, 0.2) is 5.78 Å². The second kappa shape index (κ2) is 12.5. The SMILES string of the molecule is CCCCCCCCSC(=O)C(CC)(C(=O)C1CCCCC1)c1ccccc1. The average molecular weight is 403 g/mol. The molecule has 1 aromatic carbocycles. The molecule has 1 aliphatic carbocycles. The zero-order chi connectivity index (χ0) is 20.2. The van der Waals surface area contributed by atoms with Gasteiger partial charge in [-0.15, -0.1) is 0 Å². The number of unbranched alkanes of at least 4 members (excludes halogenated alkanes) is 5. The van der Waals surface area contributed by atoms with Gasteiger partial charge in [-0.2, -0.15) is 0 Å². The van der Waals surface area contributed by atoms with Crippen molar-refractivity contribution in [2.75, 3.05) is 5.75 Å². The van der Waals surface area contributed by atoms with E-state index in [2.05, 4.69) is 6.92 Å². The number of Topliss-reactive ketones (excluding diaryl/α,β-unsaturated/α-hetero) is 1. The van der Waals surface area contributed by atoms with Crippen molar-refractivity contribution in [2.45, 2.75) is 96.3 Å². The van der Waals surface area contributed by atoms with Crippen LogP contribution >= 0.6 is 11.8 Å². The second-order valence-electron chi connectivity index (χ2n) is 8.23. The van der Waals surface area contributed by atoms with E-state index in [0.29, 0.717) is 6.42 Å². The lowest BCUT2D eigenvalue weighted by Gasteiger charge is -2.34. The molecule has 0 saturated heterocycles. The molecular formula is C25H38O2S. The topological polar surface area (TPSA) is 34.1 Å². The van der Waals surface area contributed by atoms with Gasteiger partial charge in [-0.1, -0.05) is 107 Å². The number of ketones is 1. The van der Waals surface area contributed by atoms with Crippen LogP contribution in [-0.2, 0) is 15.0 Å². The molecule has 28 heavy (non-hydrogen) atoms. The van der Waals surface area contributed by atoms with Crippen molar-refractivity contribution in [1.82, 2.24) is 0 Å². The predicted molar refractivity (Wildman–Crippen MR) is 121 cm³/mol. The minimum Gasteiger partial charge on any atom is -0.298 e. The van der Waals surface area contributed by atoms with Crippen molar-refractivity contribution in [2.24, 2.45) is 5.92 Å². The van der Waals surface area contributed by atoms with Gasteiger partial charge in [-0.25, -0.2) is 0 Å². The first kappa shape index (κ1) is 23.2. The molecule has 1 saturated carbocycles. The van der Waals surface area contributed by atoms with Crippen LogP contribution in [-0.4, -0.2) is 16.7 Å². The number of carbonyl (C=O) groups is 2. The number of hydrogen-bond donors (Lipinski definition) is 0. The van der Waals surface area contributed by atoms with Crippen LogP contribution in [0.5, 0.6) is 0 Å². The summed E-state index contributed by atoms with van der Waals surface area (Å²) in [6.07, 6.45) is 13.2. The Morgan fingerprint density at radius 2 is 1.57 bits per heavy atom. The van der Waals surface area contributed by atoms with Gasteiger partial charge >= 0.3 is 0 Å². The minimum atomic E-state index is -0.962. The molecule has 0 aromatic heterocycles. The molecule has 1 aromatic rings. The molecule has 0 aliphatic heterocycles. The first-order chi connectivity index (χ1) is 13.7. The van der Waals surface area contributed by atoms with E-state index >= 15 is 0 Å². The minimum absolute atomic E-state index is 0.0486. The lowest BCUT2D eigenvalue weighted by atomic mass is 9.68. The van der Waals surface area contributed by atoms with Crippen molar-refractivity contribution < 1.29 is 9.59 Å². The molecule has 0 heterocycles. The lowest BCUT2D eigenvalue weighted by molar-refractivity contribution is -0.135. The van der Waals surface area contributed by atoms with Crippen LogP contribution < -0.4 is 0 Å². The summed E-state index contributed by atoms with van der Waals surface area (Å²) in [7, 11) is 0. The van der Waals surface area contributed by atoms with Crippen molar-refractivity contribution in [3.8, 4) is 0 Å².